The molecule has 4 rings (SSSR count). The van der Waals surface area contributed by atoms with Crippen LogP contribution in [-0.4, -0.2) is 43.2 Å². The second kappa shape index (κ2) is 9.77. The van der Waals surface area contributed by atoms with Crippen molar-refractivity contribution >= 4 is 31.3 Å². The molecule has 0 fully saturated rings. The predicted octanol–water partition coefficient (Wildman–Crippen LogP) is 5.04. The highest BCUT2D eigenvalue weighted by atomic mass is 127. The van der Waals surface area contributed by atoms with Gasteiger partial charge in [0.15, 0.2) is 0 Å². The molecule has 0 aliphatic carbocycles. The van der Waals surface area contributed by atoms with Crippen LogP contribution in [0.5, 0.6) is 17.2 Å². The summed E-state index contributed by atoms with van der Waals surface area (Å²) in [5.74, 6) is 1.51. The van der Waals surface area contributed by atoms with Gasteiger partial charge in [0.2, 0.25) is 0 Å². The summed E-state index contributed by atoms with van der Waals surface area (Å²) >= 11 is -1.67. The fraction of sp³-hybridized carbons (Fsp3) is 0.217. The van der Waals surface area contributed by atoms with Crippen molar-refractivity contribution < 1.29 is 27.8 Å². The van der Waals surface area contributed by atoms with Crippen molar-refractivity contribution in [2.45, 2.75) is 17.1 Å². The Kier molecular flexibility index (Phi) is 6.82. The van der Waals surface area contributed by atoms with Crippen molar-refractivity contribution in [3.8, 4) is 28.4 Å². The summed E-state index contributed by atoms with van der Waals surface area (Å²) in [6, 6.07) is 11.7. The van der Waals surface area contributed by atoms with Crippen molar-refractivity contribution in [3.05, 3.63) is 66.2 Å². The lowest BCUT2D eigenvalue weighted by Gasteiger charge is -2.28. The first-order valence-corrected chi connectivity index (χ1v) is 12.5. The molecule has 1 aliphatic rings. The van der Waals surface area contributed by atoms with Gasteiger partial charge in [0, 0.05) is 63.3 Å². The molecule has 0 radical (unpaired) electrons. The Morgan fingerprint density at radius 2 is 2.00 bits per heavy atom. The van der Waals surface area contributed by atoms with E-state index in [1.54, 1.807) is 41.6 Å². The highest BCUT2D eigenvalue weighted by Gasteiger charge is 2.28. The van der Waals surface area contributed by atoms with Crippen LogP contribution in [-0.2, 0) is 13.0 Å². The Morgan fingerprint density at radius 1 is 1.21 bits per heavy atom. The number of fused-ring (bicyclic) bond motifs is 1. The molecule has 3 aromatic rings. The van der Waals surface area contributed by atoms with Crippen molar-refractivity contribution in [2.75, 3.05) is 13.7 Å². The zero-order valence-electron chi connectivity index (χ0n) is 17.6. The molecule has 0 saturated heterocycles. The van der Waals surface area contributed by atoms with Crippen LogP contribution >= 0.6 is 20.7 Å². The average molecular weight is 567 g/mol. The summed E-state index contributed by atoms with van der Waals surface area (Å²) in [5, 5.41) is 0. The molecule has 1 aromatic heterocycles. The third-order valence-corrected chi connectivity index (χ3v) is 6.08. The normalized spacial score (nSPS) is 13.3. The number of hydrogen-bond donors (Lipinski definition) is 0. The van der Waals surface area contributed by atoms with E-state index >= 15 is 0 Å². The van der Waals surface area contributed by atoms with Gasteiger partial charge in [-0.15, -0.1) is 0 Å². The van der Waals surface area contributed by atoms with Crippen LogP contribution in [0.3, 0.4) is 0 Å². The number of nitrogens with zero attached hydrogens (tertiary/aromatic N) is 3. The maximum Gasteiger partial charge on any atom is 0.445 e. The number of alkyl halides is 3. The first-order chi connectivity index (χ1) is 15.9. The van der Waals surface area contributed by atoms with E-state index in [4.69, 9.17) is 14.2 Å². The molecule has 33 heavy (non-hydrogen) atoms. The highest BCUT2D eigenvalue weighted by Crippen LogP contribution is 2.39. The van der Waals surface area contributed by atoms with Crippen LogP contribution in [0.2, 0.25) is 0 Å². The van der Waals surface area contributed by atoms with E-state index in [9.17, 15) is 13.6 Å². The highest BCUT2D eigenvalue weighted by molar-refractivity contribution is 14.2. The molecule has 0 atom stereocenters. The lowest BCUT2D eigenvalue weighted by atomic mass is 10.0. The van der Waals surface area contributed by atoms with Gasteiger partial charge in [-0.25, -0.2) is 14.8 Å². The molecule has 0 saturated carbocycles. The summed E-state index contributed by atoms with van der Waals surface area (Å²) in [6.07, 6.45) is 3.38. The van der Waals surface area contributed by atoms with E-state index in [1.807, 2.05) is 6.07 Å². The van der Waals surface area contributed by atoms with Gasteiger partial charge in [-0.05, 0) is 35.9 Å². The fourth-order valence-electron chi connectivity index (χ4n) is 3.40. The molecule has 0 unspecified atom stereocenters. The Bertz CT molecular complexity index is 1180. The van der Waals surface area contributed by atoms with Crippen molar-refractivity contribution in [1.82, 2.24) is 14.9 Å². The van der Waals surface area contributed by atoms with Gasteiger partial charge in [-0.2, -0.15) is 8.78 Å². The van der Waals surface area contributed by atoms with Gasteiger partial charge < -0.3 is 19.1 Å². The number of hydrogen-bond acceptors (Lipinski definition) is 6. The maximum atomic E-state index is 13.6. The first kappa shape index (κ1) is 23.0. The monoisotopic (exact) mass is 567 g/mol. The van der Waals surface area contributed by atoms with Crippen LogP contribution in [0.1, 0.15) is 11.4 Å². The fourth-order valence-corrected chi connectivity index (χ4v) is 3.81. The molecular weight excluding hydrogens is 547 g/mol. The van der Waals surface area contributed by atoms with E-state index in [1.165, 1.54) is 19.2 Å². The molecule has 2 aromatic carbocycles. The number of carbonyl (C=O) groups excluding carboxylic acids is 1. The van der Waals surface area contributed by atoms with Gasteiger partial charge in [-0.1, -0.05) is 10.6 Å². The lowest BCUT2D eigenvalue weighted by molar-refractivity contribution is -0.0693. The quantitative estimate of drug-likeness (QED) is 0.281. The van der Waals surface area contributed by atoms with Gasteiger partial charge in [-0.3, -0.25) is 0 Å². The van der Waals surface area contributed by atoms with Crippen LogP contribution in [0, 0.1) is 0 Å². The predicted molar refractivity (Wildman–Crippen MR) is 127 cm³/mol. The molecule has 0 bridgehead atoms. The van der Waals surface area contributed by atoms with Gasteiger partial charge in [0.25, 0.3) is 0 Å². The SMILES string of the molecule is C=IC(F)(F)Oc1ccc(-c2ccc3c(c2)CN(CCc2ncccn2)C(=O)O3)c(OC)c1. The average Bonchev–Trinajstić information content (AvgIpc) is 2.83. The standard InChI is InChI=1S/C23H20F2IN3O4/c1-26-23(24,25)33-17-5-6-18(20(13-17)31-2)15-4-7-19-16(12-15)14-29(22(30)32-19)11-8-21-27-9-3-10-28-21/h3-7,9-10,12-13H,1,8,11,14H2,2H3. The topological polar surface area (TPSA) is 73.8 Å². The smallest absolute Gasteiger partial charge is 0.445 e. The van der Waals surface area contributed by atoms with E-state index in [0.29, 0.717) is 42.4 Å². The van der Waals surface area contributed by atoms with Crippen LogP contribution in [0.4, 0.5) is 13.6 Å². The molecule has 10 heteroatoms. The van der Waals surface area contributed by atoms with Crippen molar-refractivity contribution in [2.24, 2.45) is 0 Å². The van der Waals surface area contributed by atoms with Gasteiger partial charge in [0.05, 0.1) is 13.7 Å². The summed E-state index contributed by atoms with van der Waals surface area (Å²) in [5.41, 5.74) is 2.30. The number of aromatic nitrogens is 2. The van der Waals surface area contributed by atoms with Crippen molar-refractivity contribution in [3.63, 3.8) is 0 Å². The molecule has 1 aliphatic heterocycles. The number of ether oxygens (including phenoxy) is 3. The Hall–Kier alpha value is -3.15. The Balaban J connectivity index is 1.55. The summed E-state index contributed by atoms with van der Waals surface area (Å²) in [7, 11) is 1.46. The van der Waals surface area contributed by atoms with Gasteiger partial charge >= 0.3 is 10.2 Å². The molecule has 7 nitrogen and oxygen atoms in total. The van der Waals surface area contributed by atoms with Crippen LogP contribution in [0.25, 0.3) is 11.1 Å². The number of methoxy groups -OCH3 is 1. The largest absolute Gasteiger partial charge is 0.496 e. The number of rotatable bonds is 8. The number of benzene rings is 2. The second-order valence-electron chi connectivity index (χ2n) is 7.07. The van der Waals surface area contributed by atoms with E-state index in [-0.39, 0.29) is 5.75 Å². The molecule has 1 amide bonds. The summed E-state index contributed by atoms with van der Waals surface area (Å²) in [4.78, 5) is 22.3. The zero-order chi connectivity index (χ0) is 23.4. The Morgan fingerprint density at radius 3 is 2.73 bits per heavy atom. The molecule has 2 heterocycles. The minimum absolute atomic E-state index is 0.00476. The van der Waals surface area contributed by atoms with Gasteiger partial charge in [0.1, 0.15) is 23.1 Å². The molecular formula is C23H20F2IN3O4. The third kappa shape index (κ3) is 5.44. The molecule has 0 spiro atoms. The third-order valence-electron chi connectivity index (χ3n) is 4.97. The Labute approximate surface area is 199 Å². The minimum Gasteiger partial charge on any atom is -0.496 e. The van der Waals surface area contributed by atoms with E-state index < -0.39 is 30.9 Å². The van der Waals surface area contributed by atoms with E-state index in [0.717, 1.165) is 11.1 Å². The van der Waals surface area contributed by atoms with E-state index in [2.05, 4.69) is 14.5 Å². The summed E-state index contributed by atoms with van der Waals surface area (Å²) < 4.78 is 42.9. The minimum atomic E-state index is -3.25. The summed E-state index contributed by atoms with van der Waals surface area (Å²) in [6.45, 7) is 0.767. The molecule has 172 valence electrons. The maximum absolute atomic E-state index is 13.6. The second-order valence-corrected chi connectivity index (χ2v) is 9.09. The lowest BCUT2D eigenvalue weighted by Crippen LogP contribution is -2.38. The molecule has 0 N–H and O–H groups in total. The first-order valence-electron chi connectivity index (χ1n) is 9.89. The number of carbonyl (C=O) groups is 1. The van der Waals surface area contributed by atoms with Crippen LogP contribution in [0.15, 0.2) is 54.9 Å². The number of amides is 1. The zero-order valence-corrected chi connectivity index (χ0v) is 19.8. The van der Waals surface area contributed by atoms with Crippen LogP contribution < -0.4 is 14.2 Å². The number of halogens is 3. The van der Waals surface area contributed by atoms with Crippen molar-refractivity contribution in [1.29, 1.82) is 0 Å².